The molecule has 3 heteroatoms. The maximum Gasteiger partial charge on any atom is 0.155 e. The maximum atomic E-state index is 7.80. The van der Waals surface area contributed by atoms with E-state index in [1.54, 1.807) is 0 Å². The molecule has 1 aliphatic rings. The Labute approximate surface area is 89.5 Å². The van der Waals surface area contributed by atoms with Crippen LogP contribution in [-0.2, 0) is 0 Å². The average molecular weight is 201 g/mol. The van der Waals surface area contributed by atoms with Crippen molar-refractivity contribution < 1.29 is 0 Å². The predicted molar refractivity (Wildman–Crippen MR) is 62.7 cm³/mol. The highest BCUT2D eigenvalue weighted by Crippen LogP contribution is 2.28. The number of rotatable bonds is 2. The molecule has 3 N–H and O–H groups in total. The molecule has 1 aromatic carbocycles. The first-order chi connectivity index (χ1) is 7.15. The Bertz CT molecular complexity index is 446. The summed E-state index contributed by atoms with van der Waals surface area (Å²) in [7, 11) is 0. The van der Waals surface area contributed by atoms with E-state index in [4.69, 9.17) is 11.1 Å². The zero-order chi connectivity index (χ0) is 11.0. The van der Waals surface area contributed by atoms with Crippen molar-refractivity contribution in [2.45, 2.75) is 26.2 Å². The van der Waals surface area contributed by atoms with Gasteiger partial charge in [0.25, 0.3) is 0 Å². The fraction of sp³-hybridized carbons (Fsp3) is 0.333. The van der Waals surface area contributed by atoms with E-state index >= 15 is 0 Å². The molecule has 0 saturated heterocycles. The van der Waals surface area contributed by atoms with Gasteiger partial charge in [0, 0.05) is 11.1 Å². The van der Waals surface area contributed by atoms with Crippen LogP contribution in [-0.4, -0.2) is 11.7 Å². The fourth-order valence-corrected chi connectivity index (χ4v) is 1.92. The third-order valence-electron chi connectivity index (χ3n) is 2.98. The first-order valence-electron chi connectivity index (χ1n) is 5.21. The van der Waals surface area contributed by atoms with Gasteiger partial charge in [0.2, 0.25) is 0 Å². The van der Waals surface area contributed by atoms with Gasteiger partial charge in [-0.25, -0.2) is 4.99 Å². The number of aliphatic imine (C=N–C) groups is 1. The second-order valence-electron chi connectivity index (χ2n) is 3.92. The molecule has 3 nitrogen and oxygen atoms in total. The van der Waals surface area contributed by atoms with Crippen LogP contribution in [0.1, 0.15) is 42.9 Å². The monoisotopic (exact) mass is 201 g/mol. The highest BCUT2D eigenvalue weighted by molar-refractivity contribution is 6.21. The number of hydrogen-bond donors (Lipinski definition) is 2. The van der Waals surface area contributed by atoms with Gasteiger partial charge in [-0.05, 0) is 17.9 Å². The van der Waals surface area contributed by atoms with Crippen LogP contribution in [0.5, 0.6) is 0 Å². The molecule has 0 radical (unpaired) electrons. The number of amidine groups is 2. The van der Waals surface area contributed by atoms with Gasteiger partial charge in [0.15, 0.2) is 5.84 Å². The second kappa shape index (κ2) is 3.50. The molecule has 0 spiro atoms. The third kappa shape index (κ3) is 1.44. The molecule has 2 rings (SSSR count). The fourth-order valence-electron chi connectivity index (χ4n) is 1.92. The Balaban J connectivity index is 2.59. The lowest BCUT2D eigenvalue weighted by Gasteiger charge is -2.13. The number of nitrogens with one attached hydrogen (secondary N) is 1. The van der Waals surface area contributed by atoms with E-state index in [0.717, 1.165) is 17.5 Å². The summed E-state index contributed by atoms with van der Waals surface area (Å²) in [6.45, 7) is 4.31. The van der Waals surface area contributed by atoms with Gasteiger partial charge in [-0.2, -0.15) is 0 Å². The van der Waals surface area contributed by atoms with E-state index in [1.807, 2.05) is 12.1 Å². The molecule has 15 heavy (non-hydrogen) atoms. The van der Waals surface area contributed by atoms with E-state index < -0.39 is 0 Å². The quantitative estimate of drug-likeness (QED) is 0.757. The van der Waals surface area contributed by atoms with Gasteiger partial charge < -0.3 is 5.73 Å². The highest BCUT2D eigenvalue weighted by Gasteiger charge is 2.23. The lowest BCUT2D eigenvalue weighted by atomic mass is 9.91. The van der Waals surface area contributed by atoms with E-state index in [0.29, 0.717) is 17.6 Å². The van der Waals surface area contributed by atoms with Gasteiger partial charge in [-0.1, -0.05) is 32.0 Å². The molecular weight excluding hydrogens is 186 g/mol. The zero-order valence-corrected chi connectivity index (χ0v) is 9.04. The Morgan fingerprint density at radius 1 is 1.47 bits per heavy atom. The minimum Gasteiger partial charge on any atom is -0.383 e. The van der Waals surface area contributed by atoms with Gasteiger partial charge in [0.05, 0.1) is 0 Å². The first kappa shape index (κ1) is 9.90. The largest absolute Gasteiger partial charge is 0.383 e. The van der Waals surface area contributed by atoms with Crippen molar-refractivity contribution in [2.24, 2.45) is 10.7 Å². The molecule has 1 heterocycles. The van der Waals surface area contributed by atoms with E-state index in [1.165, 1.54) is 5.56 Å². The topological polar surface area (TPSA) is 62.2 Å². The summed E-state index contributed by atoms with van der Waals surface area (Å²) < 4.78 is 0. The molecule has 1 aromatic rings. The average Bonchev–Trinajstić information content (AvgIpc) is 2.54. The van der Waals surface area contributed by atoms with Crippen LogP contribution >= 0.6 is 0 Å². The van der Waals surface area contributed by atoms with Crippen molar-refractivity contribution in [3.63, 3.8) is 0 Å². The molecule has 1 aliphatic heterocycles. The molecule has 1 atom stereocenters. The standard InChI is InChI=1S/C12H15N3/c1-3-7(2)8-5-4-6-9-10(8)12(14)15-11(9)13/h4-7H,3H2,1-2H3,(H3,13,14,15). The van der Waals surface area contributed by atoms with Crippen LogP contribution in [0.15, 0.2) is 23.2 Å². The number of benzene rings is 1. The molecular formula is C12H15N3. The van der Waals surface area contributed by atoms with Crippen molar-refractivity contribution in [3.8, 4) is 0 Å². The summed E-state index contributed by atoms with van der Waals surface area (Å²) in [5.41, 5.74) is 8.78. The highest BCUT2D eigenvalue weighted by atomic mass is 14.9. The number of nitrogens with two attached hydrogens (primary N) is 1. The normalized spacial score (nSPS) is 16.1. The van der Waals surface area contributed by atoms with E-state index in [-0.39, 0.29) is 0 Å². The molecule has 0 bridgehead atoms. The van der Waals surface area contributed by atoms with Crippen molar-refractivity contribution in [3.05, 3.63) is 34.9 Å². The maximum absolute atomic E-state index is 7.80. The van der Waals surface area contributed by atoms with Gasteiger partial charge in [0.1, 0.15) is 5.84 Å². The van der Waals surface area contributed by atoms with Gasteiger partial charge in [-0.3, -0.25) is 5.41 Å². The molecule has 0 amide bonds. The molecule has 0 saturated carbocycles. The first-order valence-corrected chi connectivity index (χ1v) is 5.21. The van der Waals surface area contributed by atoms with Crippen LogP contribution in [0.4, 0.5) is 0 Å². The van der Waals surface area contributed by atoms with Crippen molar-refractivity contribution in [1.82, 2.24) is 0 Å². The SMILES string of the molecule is CCC(C)c1cccc2c1C(=N)N=C2N. The van der Waals surface area contributed by atoms with Crippen molar-refractivity contribution in [2.75, 3.05) is 0 Å². The summed E-state index contributed by atoms with van der Waals surface area (Å²) in [5, 5.41) is 7.80. The zero-order valence-electron chi connectivity index (χ0n) is 9.04. The number of fused-ring (bicyclic) bond motifs is 1. The van der Waals surface area contributed by atoms with Crippen molar-refractivity contribution in [1.29, 1.82) is 5.41 Å². The van der Waals surface area contributed by atoms with E-state index in [9.17, 15) is 0 Å². The summed E-state index contributed by atoms with van der Waals surface area (Å²) in [6.07, 6.45) is 1.06. The van der Waals surface area contributed by atoms with Crippen molar-refractivity contribution >= 4 is 11.7 Å². The lowest BCUT2D eigenvalue weighted by Crippen LogP contribution is -2.11. The predicted octanol–water partition coefficient (Wildman–Crippen LogP) is 2.24. The van der Waals surface area contributed by atoms with Crippen LogP contribution in [0.2, 0.25) is 0 Å². The summed E-state index contributed by atoms with van der Waals surface area (Å²) in [6, 6.07) is 5.98. The minimum absolute atomic E-state index is 0.304. The van der Waals surface area contributed by atoms with Gasteiger partial charge >= 0.3 is 0 Å². The Morgan fingerprint density at radius 3 is 2.87 bits per heavy atom. The second-order valence-corrected chi connectivity index (χ2v) is 3.92. The van der Waals surface area contributed by atoms with Gasteiger partial charge in [-0.15, -0.1) is 0 Å². The van der Waals surface area contributed by atoms with Crippen LogP contribution in [0.3, 0.4) is 0 Å². The summed E-state index contributed by atoms with van der Waals surface area (Å²) >= 11 is 0. The molecule has 0 fully saturated rings. The minimum atomic E-state index is 0.304. The number of nitrogens with zero attached hydrogens (tertiary/aromatic N) is 1. The molecule has 1 unspecified atom stereocenters. The Kier molecular flexibility index (Phi) is 2.31. The molecule has 78 valence electrons. The van der Waals surface area contributed by atoms with E-state index in [2.05, 4.69) is 24.9 Å². The van der Waals surface area contributed by atoms with Crippen LogP contribution in [0, 0.1) is 5.41 Å². The third-order valence-corrected chi connectivity index (χ3v) is 2.98. The van der Waals surface area contributed by atoms with Crippen LogP contribution in [0.25, 0.3) is 0 Å². The molecule has 0 aromatic heterocycles. The number of hydrogen-bond acceptors (Lipinski definition) is 2. The lowest BCUT2D eigenvalue weighted by molar-refractivity contribution is 0.732. The molecule has 0 aliphatic carbocycles. The van der Waals surface area contributed by atoms with Crippen LogP contribution < -0.4 is 5.73 Å². The summed E-state index contributed by atoms with van der Waals surface area (Å²) in [5.74, 6) is 1.22. The Hall–Kier alpha value is -1.64. The summed E-state index contributed by atoms with van der Waals surface area (Å²) in [4.78, 5) is 4.01. The Morgan fingerprint density at radius 2 is 2.20 bits per heavy atom. The smallest absolute Gasteiger partial charge is 0.155 e.